The van der Waals surface area contributed by atoms with E-state index in [1.165, 1.54) is 23.1 Å². The molecule has 1 aromatic carbocycles. The highest BCUT2D eigenvalue weighted by Crippen LogP contribution is 2.32. The average Bonchev–Trinajstić information content (AvgIpc) is 2.92. The van der Waals surface area contributed by atoms with Crippen molar-refractivity contribution in [3.05, 3.63) is 41.6 Å². The van der Waals surface area contributed by atoms with Crippen molar-refractivity contribution in [1.29, 1.82) is 0 Å². The maximum Gasteiger partial charge on any atom is 0.405 e. The number of benzene rings is 1. The zero-order chi connectivity index (χ0) is 20.9. The highest BCUT2D eigenvalue weighted by Gasteiger charge is 2.45. The zero-order valence-electron chi connectivity index (χ0n) is 15.4. The lowest BCUT2D eigenvalue weighted by atomic mass is 10.0. The molecular weight excluding hydrogens is 389 g/mol. The molecule has 2 atom stereocenters. The van der Waals surface area contributed by atoms with E-state index in [1.54, 1.807) is 0 Å². The minimum Gasteiger partial charge on any atom is -0.368 e. The lowest BCUT2D eigenvalue weighted by Crippen LogP contribution is -2.57. The molecule has 2 unspecified atom stereocenters. The fourth-order valence-corrected chi connectivity index (χ4v) is 3.94. The molecule has 10 heteroatoms. The van der Waals surface area contributed by atoms with E-state index in [1.807, 2.05) is 0 Å². The Morgan fingerprint density at radius 1 is 1.10 bits per heavy atom. The van der Waals surface area contributed by atoms with Gasteiger partial charge in [-0.25, -0.2) is 0 Å². The van der Waals surface area contributed by atoms with E-state index in [-0.39, 0.29) is 30.6 Å². The summed E-state index contributed by atoms with van der Waals surface area (Å²) in [7, 11) is 0. The van der Waals surface area contributed by atoms with E-state index in [0.29, 0.717) is 24.4 Å². The molecule has 154 valence electrons. The van der Waals surface area contributed by atoms with Crippen LogP contribution in [0.15, 0.2) is 30.5 Å². The summed E-state index contributed by atoms with van der Waals surface area (Å²) < 4.78 is 39.1. The number of alkyl halides is 3. The summed E-state index contributed by atoms with van der Waals surface area (Å²) in [5, 5.41) is 4.99. The van der Waals surface area contributed by atoms with Crippen LogP contribution in [-0.2, 0) is 4.79 Å². The van der Waals surface area contributed by atoms with Gasteiger partial charge >= 0.3 is 6.18 Å². The van der Waals surface area contributed by atoms with Crippen LogP contribution in [-0.4, -0.2) is 60.5 Å². The summed E-state index contributed by atoms with van der Waals surface area (Å²) in [6.07, 6.45) is -3.64. The molecule has 0 aliphatic carbocycles. The molecule has 0 spiro atoms. The number of nitrogens with one attached hydrogen (secondary N) is 2. The van der Waals surface area contributed by atoms with Gasteiger partial charge in [0, 0.05) is 31.0 Å². The first-order chi connectivity index (χ1) is 13.7. The standard InChI is InChI=1S/C19H19F3N4O3/c1-10-2-5-14(16(27)24-10)26-17(28)12-4-3-11(8-13(12)18(26)29)25-7-6-23-15(9-25)19(20,21)22/h3-4,8,14-15,23H,1-2,5-7,9H2,(H,24,27). The largest absolute Gasteiger partial charge is 0.405 e. The van der Waals surface area contributed by atoms with Crippen LogP contribution in [0.25, 0.3) is 0 Å². The molecule has 0 radical (unpaired) electrons. The molecule has 29 heavy (non-hydrogen) atoms. The topological polar surface area (TPSA) is 81.8 Å². The lowest BCUT2D eigenvalue weighted by molar-refractivity contribution is -0.155. The third-order valence-corrected chi connectivity index (χ3v) is 5.47. The molecule has 4 rings (SSSR count). The van der Waals surface area contributed by atoms with E-state index >= 15 is 0 Å². The van der Waals surface area contributed by atoms with Gasteiger partial charge in [-0.15, -0.1) is 0 Å². The summed E-state index contributed by atoms with van der Waals surface area (Å²) in [5.41, 5.74) is 1.22. The number of carbonyl (C=O) groups is 3. The Kier molecular flexibility index (Phi) is 4.60. The van der Waals surface area contributed by atoms with E-state index in [0.717, 1.165) is 4.90 Å². The number of amides is 3. The smallest absolute Gasteiger partial charge is 0.368 e. The number of carbonyl (C=O) groups excluding carboxylic acids is 3. The van der Waals surface area contributed by atoms with Crippen LogP contribution >= 0.6 is 0 Å². The monoisotopic (exact) mass is 408 g/mol. The number of rotatable bonds is 2. The summed E-state index contributed by atoms with van der Waals surface area (Å²) in [6.45, 7) is 3.87. The van der Waals surface area contributed by atoms with Gasteiger partial charge in [0.15, 0.2) is 0 Å². The van der Waals surface area contributed by atoms with Crippen molar-refractivity contribution < 1.29 is 27.6 Å². The van der Waals surface area contributed by atoms with Gasteiger partial charge in [0.25, 0.3) is 11.8 Å². The molecule has 2 saturated heterocycles. The molecule has 0 aromatic heterocycles. The summed E-state index contributed by atoms with van der Waals surface area (Å²) in [5.74, 6) is -1.65. The second-order valence-corrected chi connectivity index (χ2v) is 7.35. The van der Waals surface area contributed by atoms with Gasteiger partial charge in [-0.2, -0.15) is 13.2 Å². The molecule has 0 saturated carbocycles. The van der Waals surface area contributed by atoms with Crippen molar-refractivity contribution in [2.24, 2.45) is 0 Å². The molecule has 7 nitrogen and oxygen atoms in total. The third kappa shape index (κ3) is 3.37. The fourth-order valence-electron chi connectivity index (χ4n) is 3.94. The molecule has 3 aliphatic rings. The van der Waals surface area contributed by atoms with Gasteiger partial charge in [-0.3, -0.25) is 19.3 Å². The first-order valence-electron chi connectivity index (χ1n) is 9.22. The number of fused-ring (bicyclic) bond motifs is 1. The van der Waals surface area contributed by atoms with Gasteiger partial charge in [-0.1, -0.05) is 6.58 Å². The minimum atomic E-state index is -4.38. The Balaban J connectivity index is 1.59. The Labute approximate surface area is 164 Å². The first kappa shape index (κ1) is 19.4. The summed E-state index contributed by atoms with van der Waals surface area (Å²) >= 11 is 0. The van der Waals surface area contributed by atoms with Crippen LogP contribution in [0.5, 0.6) is 0 Å². The SMILES string of the molecule is C=C1CCC(N2C(=O)c3ccc(N4CCNC(C(F)(F)F)C4)cc3C2=O)C(=O)N1. The van der Waals surface area contributed by atoms with Crippen LogP contribution in [0.4, 0.5) is 18.9 Å². The quantitative estimate of drug-likeness (QED) is 0.724. The predicted octanol–water partition coefficient (Wildman–Crippen LogP) is 1.42. The van der Waals surface area contributed by atoms with Crippen molar-refractivity contribution in [3.8, 4) is 0 Å². The maximum atomic E-state index is 13.0. The second-order valence-electron chi connectivity index (χ2n) is 7.35. The number of hydrogen-bond donors (Lipinski definition) is 2. The van der Waals surface area contributed by atoms with Crippen molar-refractivity contribution in [1.82, 2.24) is 15.5 Å². The molecule has 3 heterocycles. The van der Waals surface area contributed by atoms with Gasteiger partial charge in [0.05, 0.1) is 11.1 Å². The van der Waals surface area contributed by atoms with Gasteiger partial charge in [-0.05, 0) is 31.0 Å². The number of piperazine rings is 1. The maximum absolute atomic E-state index is 13.0. The molecular formula is C19H19F3N4O3. The van der Waals surface area contributed by atoms with Crippen molar-refractivity contribution >= 4 is 23.4 Å². The van der Waals surface area contributed by atoms with E-state index < -0.39 is 36.0 Å². The Hall–Kier alpha value is -2.88. The highest BCUT2D eigenvalue weighted by molar-refractivity contribution is 6.23. The normalized spacial score (nSPS) is 25.3. The zero-order valence-corrected chi connectivity index (χ0v) is 15.4. The summed E-state index contributed by atoms with van der Waals surface area (Å²) in [4.78, 5) is 40.3. The Morgan fingerprint density at radius 2 is 1.83 bits per heavy atom. The van der Waals surface area contributed by atoms with Crippen molar-refractivity contribution in [2.75, 3.05) is 24.5 Å². The first-order valence-corrected chi connectivity index (χ1v) is 9.22. The highest BCUT2D eigenvalue weighted by atomic mass is 19.4. The average molecular weight is 408 g/mol. The minimum absolute atomic E-state index is 0.104. The number of hydrogen-bond acceptors (Lipinski definition) is 5. The summed E-state index contributed by atoms with van der Waals surface area (Å²) in [6, 6.07) is 1.82. The number of nitrogens with zero attached hydrogens (tertiary/aromatic N) is 2. The second kappa shape index (κ2) is 6.87. The van der Waals surface area contributed by atoms with E-state index in [4.69, 9.17) is 0 Å². The van der Waals surface area contributed by atoms with Gasteiger partial charge in [0.1, 0.15) is 12.1 Å². The third-order valence-electron chi connectivity index (χ3n) is 5.47. The number of allylic oxidation sites excluding steroid dienone is 1. The molecule has 1 aromatic rings. The van der Waals surface area contributed by atoms with Crippen molar-refractivity contribution in [2.45, 2.75) is 31.1 Å². The van der Waals surface area contributed by atoms with Crippen LogP contribution in [0.2, 0.25) is 0 Å². The number of anilines is 1. The molecule has 0 bridgehead atoms. The number of halogens is 3. The van der Waals surface area contributed by atoms with Crippen LogP contribution < -0.4 is 15.5 Å². The van der Waals surface area contributed by atoms with E-state index in [2.05, 4.69) is 17.2 Å². The Bertz CT molecular complexity index is 914. The lowest BCUT2D eigenvalue weighted by Gasteiger charge is -2.36. The molecule has 3 amide bonds. The predicted molar refractivity (Wildman–Crippen MR) is 97.3 cm³/mol. The van der Waals surface area contributed by atoms with E-state index in [9.17, 15) is 27.6 Å². The van der Waals surface area contributed by atoms with Crippen LogP contribution in [0.1, 0.15) is 33.6 Å². The van der Waals surface area contributed by atoms with Crippen molar-refractivity contribution in [3.63, 3.8) is 0 Å². The molecule has 3 aliphatic heterocycles. The number of piperidine rings is 1. The Morgan fingerprint density at radius 3 is 2.52 bits per heavy atom. The van der Waals surface area contributed by atoms with Crippen LogP contribution in [0, 0.1) is 0 Å². The van der Waals surface area contributed by atoms with Gasteiger partial charge in [0.2, 0.25) is 5.91 Å². The fraction of sp³-hybridized carbons (Fsp3) is 0.421. The molecule has 2 fully saturated rings. The molecule has 2 N–H and O–H groups in total. The number of imide groups is 1. The van der Waals surface area contributed by atoms with Crippen LogP contribution in [0.3, 0.4) is 0 Å². The van der Waals surface area contributed by atoms with Gasteiger partial charge < -0.3 is 15.5 Å².